The van der Waals surface area contributed by atoms with Crippen molar-refractivity contribution in [2.75, 3.05) is 13.7 Å². The number of carbonyl (C=O) groups is 2. The normalized spacial score (nSPS) is 9.74. The summed E-state index contributed by atoms with van der Waals surface area (Å²) in [6.45, 7) is -0.142. The number of nitro groups is 1. The number of methoxy groups -OCH3 is 1. The van der Waals surface area contributed by atoms with Crippen LogP contribution < -0.4 is 4.74 Å². The van der Waals surface area contributed by atoms with Gasteiger partial charge in [0, 0.05) is 12.1 Å². The van der Waals surface area contributed by atoms with E-state index in [4.69, 9.17) is 9.84 Å². The van der Waals surface area contributed by atoms with Crippen LogP contribution in [0.5, 0.6) is 5.75 Å². The number of ether oxygens (including phenoxy) is 2. The zero-order valence-corrected chi connectivity index (χ0v) is 9.99. The SMILES string of the molecule is COC(=O)CCOc1cc(C(=O)O)ccc1[N+](=O)[O-]. The van der Waals surface area contributed by atoms with E-state index in [0.29, 0.717) is 0 Å². The van der Waals surface area contributed by atoms with Crippen molar-refractivity contribution in [3.8, 4) is 5.75 Å². The lowest BCUT2D eigenvalue weighted by Gasteiger charge is -2.06. The Morgan fingerprint density at radius 1 is 1.42 bits per heavy atom. The molecule has 1 N–H and O–H groups in total. The Hall–Kier alpha value is -2.64. The van der Waals surface area contributed by atoms with E-state index in [0.717, 1.165) is 18.2 Å². The van der Waals surface area contributed by atoms with Crippen LogP contribution in [0.2, 0.25) is 0 Å². The molecule has 0 bridgehead atoms. The standard InChI is InChI=1S/C11H11NO7/c1-18-10(13)4-5-19-9-6-7(11(14)15)2-3-8(9)12(16)17/h2-3,6H,4-5H2,1H3,(H,14,15). The summed E-state index contributed by atoms with van der Waals surface area (Å²) in [5.74, 6) is -1.96. The van der Waals surface area contributed by atoms with Crippen LogP contribution >= 0.6 is 0 Å². The molecule has 1 aromatic rings. The number of carboxylic acids is 1. The van der Waals surface area contributed by atoms with Gasteiger partial charge in [0.15, 0.2) is 5.75 Å². The van der Waals surface area contributed by atoms with Crippen molar-refractivity contribution < 1.29 is 29.1 Å². The van der Waals surface area contributed by atoms with E-state index in [1.807, 2.05) is 0 Å². The second kappa shape index (κ2) is 6.34. The van der Waals surface area contributed by atoms with Gasteiger partial charge >= 0.3 is 17.6 Å². The van der Waals surface area contributed by atoms with Crippen LogP contribution in [0, 0.1) is 10.1 Å². The van der Waals surface area contributed by atoms with Gasteiger partial charge in [0.25, 0.3) is 0 Å². The maximum absolute atomic E-state index is 10.9. The van der Waals surface area contributed by atoms with E-state index in [2.05, 4.69) is 4.74 Å². The Bertz CT molecular complexity index is 512. The second-order valence-electron chi connectivity index (χ2n) is 3.42. The van der Waals surface area contributed by atoms with E-state index < -0.39 is 16.9 Å². The molecule has 0 aliphatic carbocycles. The molecule has 0 radical (unpaired) electrons. The lowest BCUT2D eigenvalue weighted by Crippen LogP contribution is -2.09. The molecule has 0 aromatic heterocycles. The second-order valence-corrected chi connectivity index (χ2v) is 3.42. The number of nitrogens with zero attached hydrogens (tertiary/aromatic N) is 1. The molecule has 0 aliphatic rings. The van der Waals surface area contributed by atoms with Crippen LogP contribution in [0.3, 0.4) is 0 Å². The molecule has 102 valence electrons. The van der Waals surface area contributed by atoms with Crippen LogP contribution in [-0.4, -0.2) is 35.7 Å². The molecule has 0 spiro atoms. The van der Waals surface area contributed by atoms with Crippen LogP contribution in [0.1, 0.15) is 16.8 Å². The predicted molar refractivity (Wildman–Crippen MR) is 62.2 cm³/mol. The van der Waals surface area contributed by atoms with E-state index in [9.17, 15) is 19.7 Å². The quantitative estimate of drug-likeness (QED) is 0.469. The minimum atomic E-state index is -1.23. The molecule has 8 nitrogen and oxygen atoms in total. The maximum Gasteiger partial charge on any atom is 0.335 e. The Morgan fingerprint density at radius 3 is 2.63 bits per heavy atom. The molecular formula is C11H11NO7. The highest BCUT2D eigenvalue weighted by Crippen LogP contribution is 2.28. The van der Waals surface area contributed by atoms with Crippen LogP contribution in [0.15, 0.2) is 18.2 Å². The molecule has 0 aliphatic heterocycles. The summed E-state index contributed by atoms with van der Waals surface area (Å²) in [7, 11) is 1.20. The van der Waals surface area contributed by atoms with E-state index in [-0.39, 0.29) is 30.0 Å². The Labute approximate surface area is 107 Å². The number of hydrogen-bond donors (Lipinski definition) is 1. The van der Waals surface area contributed by atoms with Crippen LogP contribution in [-0.2, 0) is 9.53 Å². The molecule has 0 saturated heterocycles. The molecule has 8 heteroatoms. The minimum Gasteiger partial charge on any atom is -0.486 e. The van der Waals surface area contributed by atoms with Crippen molar-refractivity contribution >= 4 is 17.6 Å². The van der Waals surface area contributed by atoms with Crippen LogP contribution in [0.25, 0.3) is 0 Å². The summed E-state index contributed by atoms with van der Waals surface area (Å²) in [4.78, 5) is 31.7. The third kappa shape index (κ3) is 3.95. The third-order valence-electron chi connectivity index (χ3n) is 2.19. The van der Waals surface area contributed by atoms with Crippen molar-refractivity contribution in [2.45, 2.75) is 6.42 Å². The zero-order valence-electron chi connectivity index (χ0n) is 9.99. The number of benzene rings is 1. The summed E-state index contributed by atoms with van der Waals surface area (Å²) in [5.41, 5.74) is -0.506. The number of aromatic carboxylic acids is 1. The Balaban J connectivity index is 2.88. The van der Waals surface area contributed by atoms with Crippen molar-refractivity contribution in [1.29, 1.82) is 0 Å². The topological polar surface area (TPSA) is 116 Å². The first-order valence-electron chi connectivity index (χ1n) is 5.17. The summed E-state index contributed by atoms with van der Waals surface area (Å²) in [6.07, 6.45) is -0.0923. The average molecular weight is 269 g/mol. The summed E-state index contributed by atoms with van der Waals surface area (Å²) in [5, 5.41) is 19.5. The highest BCUT2D eigenvalue weighted by atomic mass is 16.6. The lowest BCUT2D eigenvalue weighted by molar-refractivity contribution is -0.385. The van der Waals surface area contributed by atoms with Crippen molar-refractivity contribution in [1.82, 2.24) is 0 Å². The molecule has 0 unspecified atom stereocenters. The summed E-state index contributed by atoms with van der Waals surface area (Å²) < 4.78 is 9.44. The lowest BCUT2D eigenvalue weighted by atomic mass is 10.2. The third-order valence-corrected chi connectivity index (χ3v) is 2.19. The fourth-order valence-corrected chi connectivity index (χ4v) is 1.26. The number of esters is 1. The van der Waals surface area contributed by atoms with Gasteiger partial charge in [-0.1, -0.05) is 0 Å². The fraction of sp³-hybridized carbons (Fsp3) is 0.273. The highest BCUT2D eigenvalue weighted by Gasteiger charge is 2.18. The van der Waals surface area contributed by atoms with Gasteiger partial charge in [-0.25, -0.2) is 4.79 Å². The van der Waals surface area contributed by atoms with Gasteiger partial charge in [-0.15, -0.1) is 0 Å². The average Bonchev–Trinajstić information content (AvgIpc) is 2.37. The Morgan fingerprint density at radius 2 is 2.11 bits per heavy atom. The highest BCUT2D eigenvalue weighted by molar-refractivity contribution is 5.88. The molecule has 19 heavy (non-hydrogen) atoms. The molecule has 1 aromatic carbocycles. The predicted octanol–water partition coefficient (Wildman–Crippen LogP) is 1.23. The maximum atomic E-state index is 10.9. The van der Waals surface area contributed by atoms with Crippen LogP contribution in [0.4, 0.5) is 5.69 Å². The van der Waals surface area contributed by atoms with Gasteiger partial charge in [-0.05, 0) is 6.07 Å². The summed E-state index contributed by atoms with van der Waals surface area (Å²) >= 11 is 0. The van der Waals surface area contributed by atoms with Gasteiger partial charge in [-0.3, -0.25) is 14.9 Å². The van der Waals surface area contributed by atoms with E-state index in [1.165, 1.54) is 7.11 Å². The van der Waals surface area contributed by atoms with Gasteiger partial charge in [0.2, 0.25) is 0 Å². The number of carboxylic acid groups (broad SMARTS) is 1. The minimum absolute atomic E-state index is 0.0923. The molecule has 0 fully saturated rings. The van der Waals surface area contributed by atoms with Crippen molar-refractivity contribution in [3.63, 3.8) is 0 Å². The molecule has 0 atom stereocenters. The van der Waals surface area contributed by atoms with Gasteiger partial charge < -0.3 is 14.6 Å². The number of hydrogen-bond acceptors (Lipinski definition) is 6. The van der Waals surface area contributed by atoms with Crippen molar-refractivity contribution in [3.05, 3.63) is 33.9 Å². The molecule has 0 heterocycles. The smallest absolute Gasteiger partial charge is 0.335 e. The largest absolute Gasteiger partial charge is 0.486 e. The first kappa shape index (κ1) is 14.4. The number of rotatable bonds is 6. The first-order valence-corrected chi connectivity index (χ1v) is 5.17. The Kier molecular flexibility index (Phi) is 4.81. The van der Waals surface area contributed by atoms with Gasteiger partial charge in [0.1, 0.15) is 0 Å². The van der Waals surface area contributed by atoms with Gasteiger partial charge in [0.05, 0.1) is 30.6 Å². The monoisotopic (exact) mass is 269 g/mol. The van der Waals surface area contributed by atoms with E-state index >= 15 is 0 Å². The zero-order chi connectivity index (χ0) is 14.4. The van der Waals surface area contributed by atoms with Crippen molar-refractivity contribution in [2.24, 2.45) is 0 Å². The fourth-order valence-electron chi connectivity index (χ4n) is 1.26. The number of carbonyl (C=O) groups excluding carboxylic acids is 1. The van der Waals surface area contributed by atoms with E-state index in [1.54, 1.807) is 0 Å². The molecule has 1 rings (SSSR count). The first-order chi connectivity index (χ1) is 8.95. The van der Waals surface area contributed by atoms with Gasteiger partial charge in [-0.2, -0.15) is 0 Å². The summed E-state index contributed by atoms with van der Waals surface area (Å²) in [6, 6.07) is 3.18. The molecule has 0 amide bonds. The molecular weight excluding hydrogens is 258 g/mol. The number of nitro benzene ring substituents is 1. The molecule has 0 saturated carbocycles.